The summed E-state index contributed by atoms with van der Waals surface area (Å²) >= 11 is 0. The lowest BCUT2D eigenvalue weighted by molar-refractivity contribution is -0.401. The number of carbonyl (C=O) groups is 1. The van der Waals surface area contributed by atoms with Gasteiger partial charge in [0.2, 0.25) is 0 Å². The summed E-state index contributed by atoms with van der Waals surface area (Å²) in [7, 11) is 1.57. The fourth-order valence-corrected chi connectivity index (χ4v) is 5.26. The summed E-state index contributed by atoms with van der Waals surface area (Å²) in [6.07, 6.45) is -1.07. The molecule has 7 nitrogen and oxygen atoms in total. The second kappa shape index (κ2) is 7.90. The number of nitrogens with zero attached hydrogens (tertiary/aromatic N) is 1. The zero-order valence-electron chi connectivity index (χ0n) is 20.6. The van der Waals surface area contributed by atoms with E-state index in [1.54, 1.807) is 24.1 Å². The number of fused-ring (bicyclic) bond motifs is 1. The number of carbonyl (C=O) groups excluding carboxylic acids is 1. The Morgan fingerprint density at radius 2 is 1.79 bits per heavy atom. The van der Waals surface area contributed by atoms with Gasteiger partial charge >= 0.3 is 6.09 Å². The van der Waals surface area contributed by atoms with Crippen LogP contribution in [0.2, 0.25) is 0 Å². The maximum Gasteiger partial charge on any atom is 0.410 e. The molecule has 1 unspecified atom stereocenters. The number of halogens is 1. The van der Waals surface area contributed by atoms with Crippen molar-refractivity contribution in [2.75, 3.05) is 13.7 Å². The number of likely N-dealkylation sites (tertiary alicyclic amines) is 1. The van der Waals surface area contributed by atoms with Crippen molar-refractivity contribution in [2.45, 2.75) is 95.2 Å². The molecule has 184 valence electrons. The van der Waals surface area contributed by atoms with Gasteiger partial charge in [-0.1, -0.05) is 12.1 Å². The molecule has 1 saturated carbocycles. The Hall–Kier alpha value is -1.74. The minimum Gasteiger partial charge on any atom is -0.444 e. The van der Waals surface area contributed by atoms with E-state index < -0.39 is 52.9 Å². The van der Waals surface area contributed by atoms with Crippen molar-refractivity contribution in [1.29, 1.82) is 0 Å². The van der Waals surface area contributed by atoms with Crippen LogP contribution in [0.5, 0.6) is 0 Å². The molecule has 2 saturated heterocycles. The van der Waals surface area contributed by atoms with E-state index in [9.17, 15) is 14.3 Å². The molecule has 4 rings (SSSR count). The molecule has 3 aliphatic rings. The minimum absolute atomic E-state index is 0.287. The van der Waals surface area contributed by atoms with E-state index in [0.717, 1.165) is 0 Å². The van der Waals surface area contributed by atoms with Crippen LogP contribution in [0.15, 0.2) is 24.3 Å². The van der Waals surface area contributed by atoms with Gasteiger partial charge in [0.1, 0.15) is 23.1 Å². The third-order valence-corrected chi connectivity index (χ3v) is 7.46. The summed E-state index contributed by atoms with van der Waals surface area (Å²) in [5, 5.41) is 11.6. The molecule has 1 amide bonds. The number of aliphatic hydroxyl groups excluding tert-OH is 1. The average Bonchev–Trinajstić information content (AvgIpc) is 3.48. The number of hydrogen-bond donors (Lipinski definition) is 1. The predicted octanol–water partition coefficient (Wildman–Crippen LogP) is 4.18. The maximum absolute atomic E-state index is 13.6. The van der Waals surface area contributed by atoms with E-state index in [4.69, 9.17) is 18.9 Å². The van der Waals surface area contributed by atoms with E-state index in [2.05, 4.69) is 0 Å². The van der Waals surface area contributed by atoms with Crippen LogP contribution >= 0.6 is 0 Å². The van der Waals surface area contributed by atoms with Crippen LogP contribution in [0.1, 0.15) is 66.1 Å². The van der Waals surface area contributed by atoms with Crippen LogP contribution in [-0.2, 0) is 18.9 Å². The van der Waals surface area contributed by atoms with E-state index in [1.807, 2.05) is 41.5 Å². The van der Waals surface area contributed by atoms with Crippen molar-refractivity contribution >= 4 is 6.09 Å². The molecule has 2 heterocycles. The van der Waals surface area contributed by atoms with Crippen molar-refractivity contribution < 1.29 is 33.2 Å². The molecule has 0 radical (unpaired) electrons. The van der Waals surface area contributed by atoms with Crippen LogP contribution in [0, 0.1) is 11.7 Å². The van der Waals surface area contributed by atoms with Gasteiger partial charge in [-0.15, -0.1) is 0 Å². The maximum atomic E-state index is 13.6. The van der Waals surface area contributed by atoms with Crippen LogP contribution < -0.4 is 0 Å². The molecule has 8 heteroatoms. The molecule has 0 bridgehead atoms. The first kappa shape index (κ1) is 24.4. The largest absolute Gasteiger partial charge is 0.444 e. The Balaban J connectivity index is 1.76. The minimum atomic E-state index is -1.06. The monoisotopic (exact) mass is 465 g/mol. The Morgan fingerprint density at radius 1 is 1.18 bits per heavy atom. The van der Waals surface area contributed by atoms with Gasteiger partial charge in [0.25, 0.3) is 0 Å². The SMILES string of the molecule is CO[C@@]1(C)O[C@@H]2[C@@H](C(O)c3ccc(F)cc3)C3(CC3)N(C(=O)OC(C)(C)C)C[C@H]2OC1(C)C. The summed E-state index contributed by atoms with van der Waals surface area (Å²) in [5.41, 5.74) is -1.55. The molecule has 2 aliphatic heterocycles. The first-order chi connectivity index (χ1) is 15.2. The topological polar surface area (TPSA) is 77.5 Å². The molecule has 1 N–H and O–H groups in total. The Morgan fingerprint density at radius 3 is 2.30 bits per heavy atom. The third-order valence-electron chi connectivity index (χ3n) is 7.46. The van der Waals surface area contributed by atoms with Gasteiger partial charge < -0.3 is 24.1 Å². The first-order valence-corrected chi connectivity index (χ1v) is 11.6. The standard InChI is InChI=1S/C25H36FNO6/c1-22(2,3)33-21(29)27-14-17-20(32-24(6,30-7)23(4,5)31-17)18(25(27)12-13-25)19(28)15-8-10-16(26)11-9-15/h8-11,17-20,28H,12-14H2,1-7H3/t17-,18-,19?,20+,24+/m1/s1. The van der Waals surface area contributed by atoms with Crippen LogP contribution in [0.4, 0.5) is 9.18 Å². The molecule has 33 heavy (non-hydrogen) atoms. The molecule has 1 spiro atoms. The normalized spacial score (nSPS) is 33.4. The zero-order chi connectivity index (χ0) is 24.4. The van der Waals surface area contributed by atoms with Crippen molar-refractivity contribution in [3.05, 3.63) is 35.6 Å². The van der Waals surface area contributed by atoms with Crippen LogP contribution in [0.3, 0.4) is 0 Å². The smallest absolute Gasteiger partial charge is 0.410 e. The highest BCUT2D eigenvalue weighted by Crippen LogP contribution is 2.59. The van der Waals surface area contributed by atoms with E-state index >= 15 is 0 Å². The van der Waals surface area contributed by atoms with Crippen LogP contribution in [0.25, 0.3) is 0 Å². The molecular formula is C25H36FNO6. The number of piperidine rings is 1. The number of methoxy groups -OCH3 is 1. The number of ether oxygens (including phenoxy) is 4. The van der Waals surface area contributed by atoms with E-state index in [1.165, 1.54) is 12.1 Å². The highest BCUT2D eigenvalue weighted by atomic mass is 19.1. The third kappa shape index (κ3) is 4.16. The van der Waals surface area contributed by atoms with Crippen molar-refractivity contribution in [3.63, 3.8) is 0 Å². The molecule has 5 atom stereocenters. The first-order valence-electron chi connectivity index (χ1n) is 11.6. The molecule has 3 fully saturated rings. The van der Waals surface area contributed by atoms with Gasteiger partial charge in [0.05, 0.1) is 24.3 Å². The molecular weight excluding hydrogens is 429 g/mol. The second-order valence-electron chi connectivity index (χ2n) is 11.1. The fourth-order valence-electron chi connectivity index (χ4n) is 5.26. The van der Waals surface area contributed by atoms with Gasteiger partial charge in [-0.25, -0.2) is 9.18 Å². The van der Waals surface area contributed by atoms with Gasteiger partial charge in [-0.05, 0) is 72.1 Å². The summed E-state index contributed by atoms with van der Waals surface area (Å²) in [5.74, 6) is -1.95. The number of rotatable bonds is 3. The van der Waals surface area contributed by atoms with Gasteiger partial charge in [-0.3, -0.25) is 4.90 Å². The lowest BCUT2D eigenvalue weighted by Gasteiger charge is -2.59. The molecule has 1 aliphatic carbocycles. The Kier molecular flexibility index (Phi) is 5.84. The molecule has 1 aromatic rings. The average molecular weight is 466 g/mol. The summed E-state index contributed by atoms with van der Waals surface area (Å²) in [6, 6.07) is 5.79. The zero-order valence-corrected chi connectivity index (χ0v) is 20.6. The van der Waals surface area contributed by atoms with Gasteiger partial charge in [0.15, 0.2) is 5.79 Å². The predicted molar refractivity (Wildman–Crippen MR) is 119 cm³/mol. The van der Waals surface area contributed by atoms with E-state index in [-0.39, 0.29) is 12.4 Å². The highest BCUT2D eigenvalue weighted by molar-refractivity contribution is 5.70. The van der Waals surface area contributed by atoms with Crippen molar-refractivity contribution in [2.24, 2.45) is 5.92 Å². The quantitative estimate of drug-likeness (QED) is 0.722. The second-order valence-corrected chi connectivity index (χ2v) is 11.1. The number of benzene rings is 1. The number of hydrogen-bond acceptors (Lipinski definition) is 6. The number of amides is 1. The van der Waals surface area contributed by atoms with Gasteiger partial charge in [-0.2, -0.15) is 0 Å². The lowest BCUT2D eigenvalue weighted by Crippen LogP contribution is -2.72. The summed E-state index contributed by atoms with van der Waals surface area (Å²) < 4.78 is 38.1. The summed E-state index contributed by atoms with van der Waals surface area (Å²) in [6.45, 7) is 11.4. The van der Waals surface area contributed by atoms with Gasteiger partial charge in [0, 0.05) is 13.0 Å². The Bertz CT molecular complexity index is 893. The van der Waals surface area contributed by atoms with Crippen LogP contribution in [-0.4, -0.2) is 64.5 Å². The Labute approximate surface area is 195 Å². The van der Waals surface area contributed by atoms with Crippen molar-refractivity contribution in [1.82, 2.24) is 4.90 Å². The lowest BCUT2D eigenvalue weighted by atomic mass is 9.75. The van der Waals surface area contributed by atoms with Crippen molar-refractivity contribution in [3.8, 4) is 0 Å². The fraction of sp³-hybridized carbons (Fsp3) is 0.720. The summed E-state index contributed by atoms with van der Waals surface area (Å²) in [4.78, 5) is 15.0. The molecule has 0 aromatic heterocycles. The number of aliphatic hydroxyl groups is 1. The molecule has 1 aromatic carbocycles. The van der Waals surface area contributed by atoms with E-state index in [0.29, 0.717) is 18.4 Å². The highest BCUT2D eigenvalue weighted by Gasteiger charge is 2.69.